The predicted octanol–water partition coefficient (Wildman–Crippen LogP) is 0.433. The molecule has 2 heterocycles. The van der Waals surface area contributed by atoms with E-state index in [9.17, 15) is 10.0 Å². The van der Waals surface area contributed by atoms with Crippen molar-refractivity contribution in [3.05, 3.63) is 12.2 Å². The Balaban J connectivity index is 1.88. The van der Waals surface area contributed by atoms with Crippen LogP contribution in [0, 0.1) is 5.92 Å². The molecule has 0 aromatic carbocycles. The minimum absolute atomic E-state index is 0.150. The Bertz CT molecular complexity index is 280. The van der Waals surface area contributed by atoms with E-state index < -0.39 is 7.12 Å². The molecule has 2 aliphatic rings. The van der Waals surface area contributed by atoms with Crippen molar-refractivity contribution < 1.29 is 10.0 Å². The van der Waals surface area contributed by atoms with Gasteiger partial charge in [0.1, 0.15) is 0 Å². The molecule has 1 fully saturated rings. The molecule has 0 radical (unpaired) electrons. The summed E-state index contributed by atoms with van der Waals surface area (Å²) in [6.45, 7) is 5.46. The zero-order chi connectivity index (χ0) is 13.0. The lowest BCUT2D eigenvalue weighted by molar-refractivity contribution is 0.210. The molecule has 2 aliphatic heterocycles. The second kappa shape index (κ2) is 6.71. The van der Waals surface area contributed by atoms with Gasteiger partial charge in [0.2, 0.25) is 0 Å². The molecule has 0 aromatic rings. The van der Waals surface area contributed by atoms with Crippen LogP contribution in [0.15, 0.2) is 12.2 Å². The Morgan fingerprint density at radius 3 is 2.61 bits per heavy atom. The Morgan fingerprint density at radius 1 is 1.22 bits per heavy atom. The van der Waals surface area contributed by atoms with Crippen molar-refractivity contribution in [1.29, 1.82) is 0 Å². The van der Waals surface area contributed by atoms with E-state index in [1.54, 1.807) is 0 Å². The Morgan fingerprint density at radius 2 is 1.94 bits per heavy atom. The molecule has 0 aliphatic carbocycles. The molecular weight excluding hydrogens is 227 g/mol. The lowest BCUT2D eigenvalue weighted by atomic mass is 9.71. The smallest absolute Gasteiger partial charge is 0.427 e. The van der Waals surface area contributed by atoms with E-state index in [1.165, 1.54) is 32.5 Å². The largest absolute Gasteiger partial charge is 0.460 e. The van der Waals surface area contributed by atoms with Gasteiger partial charge in [-0.1, -0.05) is 12.2 Å². The topological polar surface area (TPSA) is 46.9 Å². The maximum atomic E-state index is 9.28. The van der Waals surface area contributed by atoms with Crippen molar-refractivity contribution in [3.8, 4) is 0 Å². The van der Waals surface area contributed by atoms with Gasteiger partial charge >= 0.3 is 7.12 Å². The molecule has 2 rings (SSSR count). The van der Waals surface area contributed by atoms with Gasteiger partial charge in [0.15, 0.2) is 0 Å². The van der Waals surface area contributed by atoms with Gasteiger partial charge in [0, 0.05) is 25.5 Å². The molecule has 5 heteroatoms. The standard InChI is InChI=1S/C13H25BN2O2/c1-15-9-12(10-16-7-2-3-8-16)5-4-6-13(11-15)14(17)18/h4,6,12-13,17-18H,2-3,5,7-11H2,1H3/b6-4-. The van der Waals surface area contributed by atoms with Crippen LogP contribution in [0.3, 0.4) is 0 Å². The Kier molecular flexibility index (Phi) is 5.24. The third-order valence-electron chi connectivity index (χ3n) is 4.04. The van der Waals surface area contributed by atoms with Crippen molar-refractivity contribution in [2.75, 3.05) is 39.8 Å². The number of hydrogen-bond acceptors (Lipinski definition) is 4. The third-order valence-corrected chi connectivity index (χ3v) is 4.04. The molecule has 2 atom stereocenters. The number of allylic oxidation sites excluding steroid dienone is 1. The molecule has 102 valence electrons. The predicted molar refractivity (Wildman–Crippen MR) is 74.4 cm³/mol. The van der Waals surface area contributed by atoms with Crippen LogP contribution in [-0.2, 0) is 0 Å². The van der Waals surface area contributed by atoms with E-state index in [1.807, 2.05) is 6.08 Å². The van der Waals surface area contributed by atoms with Crippen molar-refractivity contribution >= 4 is 7.12 Å². The lowest BCUT2D eigenvalue weighted by Crippen LogP contribution is -2.38. The second-order valence-electron chi connectivity index (χ2n) is 5.84. The second-order valence-corrected chi connectivity index (χ2v) is 5.84. The zero-order valence-corrected chi connectivity index (χ0v) is 11.3. The van der Waals surface area contributed by atoms with Crippen molar-refractivity contribution in [1.82, 2.24) is 9.80 Å². The first-order chi connectivity index (χ1) is 8.65. The fraction of sp³-hybridized carbons (Fsp3) is 0.846. The van der Waals surface area contributed by atoms with Gasteiger partial charge in [-0.25, -0.2) is 0 Å². The summed E-state index contributed by atoms with van der Waals surface area (Å²) in [4.78, 5) is 4.79. The molecule has 0 saturated carbocycles. The number of likely N-dealkylation sites (tertiary alicyclic amines) is 1. The van der Waals surface area contributed by atoms with Crippen LogP contribution in [-0.4, -0.2) is 66.7 Å². The van der Waals surface area contributed by atoms with Gasteiger partial charge in [-0.15, -0.1) is 0 Å². The van der Waals surface area contributed by atoms with Gasteiger partial charge in [-0.3, -0.25) is 0 Å². The van der Waals surface area contributed by atoms with Gasteiger partial charge in [-0.05, 0) is 45.3 Å². The van der Waals surface area contributed by atoms with Crippen LogP contribution < -0.4 is 0 Å². The molecule has 0 aromatic heterocycles. The number of nitrogens with zero attached hydrogens (tertiary/aromatic N) is 2. The molecule has 18 heavy (non-hydrogen) atoms. The monoisotopic (exact) mass is 252 g/mol. The first kappa shape index (κ1) is 14.1. The maximum absolute atomic E-state index is 9.28. The Labute approximate surface area is 110 Å². The maximum Gasteiger partial charge on any atom is 0.460 e. The zero-order valence-electron chi connectivity index (χ0n) is 11.3. The van der Waals surface area contributed by atoms with Gasteiger partial charge < -0.3 is 19.8 Å². The van der Waals surface area contributed by atoms with E-state index in [4.69, 9.17) is 0 Å². The molecular formula is C13H25BN2O2. The van der Waals surface area contributed by atoms with E-state index in [0.717, 1.165) is 19.5 Å². The van der Waals surface area contributed by atoms with Crippen LogP contribution in [0.2, 0.25) is 5.82 Å². The van der Waals surface area contributed by atoms with Crippen LogP contribution in [0.1, 0.15) is 19.3 Å². The molecule has 1 saturated heterocycles. The number of hydrogen-bond donors (Lipinski definition) is 2. The highest BCUT2D eigenvalue weighted by Gasteiger charge is 2.26. The van der Waals surface area contributed by atoms with Gasteiger partial charge in [0.25, 0.3) is 0 Å². The highest BCUT2D eigenvalue weighted by Crippen LogP contribution is 2.20. The van der Waals surface area contributed by atoms with Crippen LogP contribution in [0.5, 0.6) is 0 Å². The van der Waals surface area contributed by atoms with E-state index in [-0.39, 0.29) is 5.82 Å². The summed E-state index contributed by atoms with van der Waals surface area (Å²) in [5.41, 5.74) is 0. The first-order valence-corrected chi connectivity index (χ1v) is 7.09. The van der Waals surface area contributed by atoms with Gasteiger partial charge in [0.05, 0.1) is 0 Å². The molecule has 0 bridgehead atoms. The summed E-state index contributed by atoms with van der Waals surface area (Å²) in [5, 5.41) is 18.6. The molecule has 2 unspecified atom stereocenters. The van der Waals surface area contributed by atoms with Crippen LogP contribution >= 0.6 is 0 Å². The van der Waals surface area contributed by atoms with Gasteiger partial charge in [-0.2, -0.15) is 0 Å². The van der Waals surface area contributed by atoms with E-state index in [2.05, 4.69) is 22.9 Å². The molecule has 0 spiro atoms. The summed E-state index contributed by atoms with van der Waals surface area (Å²) < 4.78 is 0. The van der Waals surface area contributed by atoms with Crippen molar-refractivity contribution in [2.45, 2.75) is 25.1 Å². The first-order valence-electron chi connectivity index (χ1n) is 7.09. The third kappa shape index (κ3) is 4.09. The van der Waals surface area contributed by atoms with E-state index in [0.29, 0.717) is 5.92 Å². The summed E-state index contributed by atoms with van der Waals surface area (Å²) in [7, 11) is 0.838. The summed E-state index contributed by atoms with van der Waals surface area (Å²) in [6, 6.07) is 0. The fourth-order valence-corrected chi connectivity index (χ4v) is 3.11. The van der Waals surface area contributed by atoms with E-state index >= 15 is 0 Å². The quantitative estimate of drug-likeness (QED) is 0.565. The summed E-state index contributed by atoms with van der Waals surface area (Å²) in [5.74, 6) is 0.517. The SMILES string of the molecule is CN1CC(CN2CCCC2)C/C=C\C(B(O)O)C1. The normalized spacial score (nSPS) is 33.1. The highest BCUT2D eigenvalue weighted by molar-refractivity contribution is 6.44. The van der Waals surface area contributed by atoms with Crippen molar-refractivity contribution in [3.63, 3.8) is 0 Å². The molecule has 4 nitrogen and oxygen atoms in total. The lowest BCUT2D eigenvalue weighted by Gasteiger charge is -2.30. The van der Waals surface area contributed by atoms with Crippen molar-refractivity contribution in [2.24, 2.45) is 5.92 Å². The van der Waals surface area contributed by atoms with Crippen LogP contribution in [0.25, 0.3) is 0 Å². The summed E-state index contributed by atoms with van der Waals surface area (Å²) in [6.07, 6.45) is 7.84. The minimum atomic E-state index is -1.24. The fourth-order valence-electron chi connectivity index (χ4n) is 3.11. The molecule has 2 N–H and O–H groups in total. The van der Waals surface area contributed by atoms with Crippen LogP contribution in [0.4, 0.5) is 0 Å². The Hall–Kier alpha value is -0.355. The number of rotatable bonds is 3. The minimum Gasteiger partial charge on any atom is -0.427 e. The average molecular weight is 252 g/mol. The average Bonchev–Trinajstić information content (AvgIpc) is 2.77. The molecule has 0 amide bonds. The summed E-state index contributed by atoms with van der Waals surface area (Å²) >= 11 is 0. The highest BCUT2D eigenvalue weighted by atomic mass is 16.4.